The Balaban J connectivity index is 1.27. The molecule has 4 nitrogen and oxygen atoms in total. The number of nitrogens with zero attached hydrogens (tertiary/aromatic N) is 2. The number of rotatable bonds is 6. The molecule has 0 bridgehead atoms. The van der Waals surface area contributed by atoms with E-state index in [1.54, 1.807) is 0 Å². The molecular weight excluding hydrogens is 625 g/mol. The first-order valence-electron chi connectivity index (χ1n) is 17.1. The second-order valence-electron chi connectivity index (χ2n) is 12.7. The van der Waals surface area contributed by atoms with Crippen LogP contribution in [0.2, 0.25) is 0 Å². The molecule has 4 heteroatoms. The average Bonchev–Trinajstić information content (AvgIpc) is 3.80. The monoisotopic (exact) mass is 654 g/mol. The lowest BCUT2D eigenvalue weighted by molar-refractivity contribution is 0.618. The van der Waals surface area contributed by atoms with Crippen molar-refractivity contribution in [3.05, 3.63) is 182 Å². The highest BCUT2D eigenvalue weighted by molar-refractivity contribution is 6.18. The van der Waals surface area contributed by atoms with Crippen molar-refractivity contribution in [2.24, 2.45) is 0 Å². The summed E-state index contributed by atoms with van der Waals surface area (Å²) >= 11 is 0. The van der Waals surface area contributed by atoms with Crippen LogP contribution in [0.3, 0.4) is 0 Å². The molecule has 10 aromatic rings. The quantitative estimate of drug-likeness (QED) is 0.179. The van der Waals surface area contributed by atoms with Crippen LogP contribution in [0.4, 0.5) is 17.1 Å². The van der Waals surface area contributed by atoms with E-state index >= 15 is 0 Å². The molecule has 0 atom stereocenters. The summed E-state index contributed by atoms with van der Waals surface area (Å²) in [7, 11) is 0. The topological polar surface area (TPSA) is 42.4 Å². The SMILES string of the molecule is c1ccc(-c2nc3cc4c(oc5ccccc54)c(N(c4ccc(-c5cccc6ccccc56)cc4)c4ccccc4-c4ccccc4)c3o2)cc1. The van der Waals surface area contributed by atoms with Crippen molar-refractivity contribution >= 4 is 60.9 Å². The Hall–Kier alpha value is -6.91. The van der Waals surface area contributed by atoms with Crippen LogP contribution in [0, 0.1) is 0 Å². The van der Waals surface area contributed by atoms with E-state index in [4.69, 9.17) is 13.8 Å². The van der Waals surface area contributed by atoms with Crippen molar-refractivity contribution < 1.29 is 8.83 Å². The highest BCUT2D eigenvalue weighted by Crippen LogP contribution is 2.49. The maximum Gasteiger partial charge on any atom is 0.227 e. The fraction of sp³-hybridized carbons (Fsp3) is 0. The van der Waals surface area contributed by atoms with Crippen LogP contribution in [0.25, 0.3) is 77.5 Å². The van der Waals surface area contributed by atoms with Crippen LogP contribution in [0.5, 0.6) is 0 Å². The number of hydrogen-bond acceptors (Lipinski definition) is 4. The molecule has 51 heavy (non-hydrogen) atoms. The second-order valence-corrected chi connectivity index (χ2v) is 12.7. The number of aromatic nitrogens is 1. The molecule has 0 aliphatic heterocycles. The molecule has 8 aromatic carbocycles. The van der Waals surface area contributed by atoms with E-state index in [0.29, 0.717) is 11.5 Å². The van der Waals surface area contributed by atoms with Gasteiger partial charge in [0.05, 0.1) is 5.69 Å². The van der Waals surface area contributed by atoms with Gasteiger partial charge in [-0.2, -0.15) is 0 Å². The molecule has 0 unspecified atom stereocenters. The lowest BCUT2D eigenvalue weighted by Gasteiger charge is -2.28. The number of furan rings is 1. The molecule has 0 saturated carbocycles. The molecule has 0 spiro atoms. The van der Waals surface area contributed by atoms with Gasteiger partial charge >= 0.3 is 0 Å². The summed E-state index contributed by atoms with van der Waals surface area (Å²) in [5, 5.41) is 4.46. The minimum absolute atomic E-state index is 0.561. The van der Waals surface area contributed by atoms with Gasteiger partial charge in [0.25, 0.3) is 0 Å². The molecule has 240 valence electrons. The van der Waals surface area contributed by atoms with Gasteiger partial charge in [-0.25, -0.2) is 4.98 Å². The van der Waals surface area contributed by atoms with E-state index in [1.807, 2.05) is 54.6 Å². The van der Waals surface area contributed by atoms with Crippen LogP contribution in [-0.4, -0.2) is 4.98 Å². The highest BCUT2D eigenvalue weighted by atomic mass is 16.4. The van der Waals surface area contributed by atoms with E-state index in [-0.39, 0.29) is 0 Å². The van der Waals surface area contributed by atoms with Gasteiger partial charge in [-0.1, -0.05) is 140 Å². The Morgan fingerprint density at radius 1 is 0.431 bits per heavy atom. The summed E-state index contributed by atoms with van der Waals surface area (Å²) in [6, 6.07) is 63.2. The molecule has 2 aromatic heterocycles. The summed E-state index contributed by atoms with van der Waals surface area (Å²) in [5.41, 5.74) is 11.2. The summed E-state index contributed by atoms with van der Waals surface area (Å²) in [4.78, 5) is 7.36. The zero-order valence-corrected chi connectivity index (χ0v) is 27.5. The summed E-state index contributed by atoms with van der Waals surface area (Å²) in [5.74, 6) is 0.561. The molecule has 10 rings (SSSR count). The van der Waals surface area contributed by atoms with E-state index in [1.165, 1.54) is 16.3 Å². The van der Waals surface area contributed by atoms with Gasteiger partial charge in [0.15, 0.2) is 11.2 Å². The van der Waals surface area contributed by atoms with Gasteiger partial charge in [0.2, 0.25) is 5.89 Å². The number of hydrogen-bond donors (Lipinski definition) is 0. The Bertz CT molecular complexity index is 2850. The van der Waals surface area contributed by atoms with Crippen molar-refractivity contribution in [1.82, 2.24) is 4.98 Å². The van der Waals surface area contributed by atoms with Gasteiger partial charge < -0.3 is 13.7 Å². The molecule has 0 fully saturated rings. The van der Waals surface area contributed by atoms with Crippen LogP contribution < -0.4 is 4.90 Å². The van der Waals surface area contributed by atoms with Gasteiger partial charge in [0.1, 0.15) is 16.8 Å². The standard InChI is InChI=1S/C47H30N2O2/c1-3-14-32(15-4-1)38-21-9-11-24-42(38)49(35-28-26-33(27-29-35)37-23-13-19-31-16-7-8-20-36(31)37)44-45-40(39-22-10-12-25-43(39)50-45)30-41-46(44)51-47(48-41)34-17-5-2-6-18-34/h1-30H. The molecule has 0 amide bonds. The van der Waals surface area contributed by atoms with Crippen molar-refractivity contribution in [1.29, 1.82) is 0 Å². The van der Waals surface area contributed by atoms with Crippen molar-refractivity contribution in [3.8, 4) is 33.7 Å². The van der Waals surface area contributed by atoms with E-state index in [0.717, 1.165) is 66.8 Å². The average molecular weight is 655 g/mol. The van der Waals surface area contributed by atoms with Crippen LogP contribution in [0.1, 0.15) is 0 Å². The third-order valence-corrected chi connectivity index (χ3v) is 9.70. The fourth-order valence-corrected chi connectivity index (χ4v) is 7.32. The first-order valence-corrected chi connectivity index (χ1v) is 17.1. The third kappa shape index (κ3) is 4.88. The second kappa shape index (κ2) is 11.9. The van der Waals surface area contributed by atoms with Crippen molar-refractivity contribution in [2.45, 2.75) is 0 Å². The number of anilines is 3. The molecule has 0 aliphatic rings. The molecular formula is C47H30N2O2. The first kappa shape index (κ1) is 29.0. The van der Waals surface area contributed by atoms with Crippen molar-refractivity contribution in [3.63, 3.8) is 0 Å². The smallest absolute Gasteiger partial charge is 0.227 e. The lowest BCUT2D eigenvalue weighted by Crippen LogP contribution is -2.12. The minimum Gasteiger partial charge on any atom is -0.454 e. The lowest BCUT2D eigenvalue weighted by atomic mass is 9.97. The molecule has 0 radical (unpaired) electrons. The van der Waals surface area contributed by atoms with E-state index in [9.17, 15) is 0 Å². The van der Waals surface area contributed by atoms with Crippen LogP contribution >= 0.6 is 0 Å². The Morgan fingerprint density at radius 3 is 1.88 bits per heavy atom. The first-order chi connectivity index (χ1) is 25.3. The van der Waals surface area contributed by atoms with E-state index < -0.39 is 0 Å². The third-order valence-electron chi connectivity index (χ3n) is 9.70. The van der Waals surface area contributed by atoms with Gasteiger partial charge in [-0.15, -0.1) is 0 Å². The Morgan fingerprint density at radius 2 is 1.06 bits per heavy atom. The Labute approximate surface area is 294 Å². The number of fused-ring (bicyclic) bond motifs is 5. The van der Waals surface area contributed by atoms with Crippen LogP contribution in [-0.2, 0) is 0 Å². The predicted octanol–water partition coefficient (Wildman–Crippen LogP) is 13.4. The molecule has 0 saturated heterocycles. The normalized spacial score (nSPS) is 11.5. The van der Waals surface area contributed by atoms with E-state index in [2.05, 4.69) is 132 Å². The maximum absolute atomic E-state index is 6.79. The molecule has 0 aliphatic carbocycles. The zero-order valence-electron chi connectivity index (χ0n) is 27.5. The maximum atomic E-state index is 6.79. The molecule has 0 N–H and O–H groups in total. The zero-order chi connectivity index (χ0) is 33.7. The summed E-state index contributed by atoms with van der Waals surface area (Å²) < 4.78 is 13.6. The number of para-hydroxylation sites is 2. The van der Waals surface area contributed by atoms with Crippen molar-refractivity contribution in [2.75, 3.05) is 4.90 Å². The largest absolute Gasteiger partial charge is 0.454 e. The minimum atomic E-state index is 0.561. The summed E-state index contributed by atoms with van der Waals surface area (Å²) in [6.07, 6.45) is 0. The molecule has 2 heterocycles. The fourth-order valence-electron chi connectivity index (χ4n) is 7.32. The Kier molecular flexibility index (Phi) is 6.78. The van der Waals surface area contributed by atoms with Gasteiger partial charge in [0, 0.05) is 27.6 Å². The number of benzene rings is 8. The summed E-state index contributed by atoms with van der Waals surface area (Å²) in [6.45, 7) is 0. The van der Waals surface area contributed by atoms with Gasteiger partial charge in [-0.05, 0) is 69.9 Å². The number of oxazole rings is 1. The van der Waals surface area contributed by atoms with Crippen LogP contribution in [0.15, 0.2) is 191 Å². The predicted molar refractivity (Wildman–Crippen MR) is 210 cm³/mol. The highest BCUT2D eigenvalue weighted by Gasteiger charge is 2.28. The van der Waals surface area contributed by atoms with Gasteiger partial charge in [-0.3, -0.25) is 0 Å².